The number of nitrogens with zero attached hydrogens (tertiary/aromatic N) is 2. The first-order valence-corrected chi connectivity index (χ1v) is 6.99. The van der Waals surface area contributed by atoms with E-state index in [1.807, 2.05) is 38.1 Å². The van der Waals surface area contributed by atoms with E-state index in [4.69, 9.17) is 11.6 Å². The van der Waals surface area contributed by atoms with Crippen molar-refractivity contribution >= 4 is 39.3 Å². The topological polar surface area (TPSA) is 25.8 Å². The number of rotatable bonds is 2. The molecular formula is C12H10BrClN2S. The van der Waals surface area contributed by atoms with Crippen molar-refractivity contribution in [3.8, 4) is 0 Å². The molecule has 0 spiro atoms. The van der Waals surface area contributed by atoms with Gasteiger partial charge in [-0.2, -0.15) is 0 Å². The van der Waals surface area contributed by atoms with Gasteiger partial charge in [-0.3, -0.25) is 0 Å². The zero-order chi connectivity index (χ0) is 12.4. The summed E-state index contributed by atoms with van der Waals surface area (Å²) >= 11 is 11.0. The Kier molecular flexibility index (Phi) is 4.07. The molecule has 0 unspecified atom stereocenters. The monoisotopic (exact) mass is 328 g/mol. The fourth-order valence-electron chi connectivity index (χ4n) is 1.28. The number of hydrogen-bond donors (Lipinski definition) is 0. The zero-order valence-corrected chi connectivity index (χ0v) is 12.5. The van der Waals surface area contributed by atoms with Crippen LogP contribution in [0.1, 0.15) is 11.4 Å². The molecule has 0 bridgehead atoms. The van der Waals surface area contributed by atoms with E-state index in [2.05, 4.69) is 25.9 Å². The molecule has 2 nitrogen and oxygen atoms in total. The maximum atomic E-state index is 6.04. The molecule has 0 aliphatic carbocycles. The van der Waals surface area contributed by atoms with Crippen LogP contribution in [0.5, 0.6) is 0 Å². The van der Waals surface area contributed by atoms with Crippen LogP contribution in [-0.2, 0) is 0 Å². The first kappa shape index (κ1) is 12.9. The van der Waals surface area contributed by atoms with E-state index in [0.717, 1.165) is 20.0 Å². The summed E-state index contributed by atoms with van der Waals surface area (Å²) in [6, 6.07) is 8.10. The van der Waals surface area contributed by atoms with Crippen LogP contribution < -0.4 is 0 Å². The van der Waals surface area contributed by atoms with Gasteiger partial charge < -0.3 is 0 Å². The van der Waals surface area contributed by atoms with E-state index >= 15 is 0 Å². The lowest BCUT2D eigenvalue weighted by Gasteiger charge is -2.07. The molecule has 0 saturated carbocycles. The van der Waals surface area contributed by atoms with Crippen molar-refractivity contribution in [3.63, 3.8) is 0 Å². The van der Waals surface area contributed by atoms with Crippen molar-refractivity contribution in [2.75, 3.05) is 0 Å². The Balaban J connectivity index is 2.32. The summed E-state index contributed by atoms with van der Waals surface area (Å²) in [6.45, 7) is 3.78. The molecule has 0 atom stereocenters. The maximum absolute atomic E-state index is 6.04. The molecule has 0 radical (unpaired) electrons. The Morgan fingerprint density at radius 2 is 1.76 bits per heavy atom. The van der Waals surface area contributed by atoms with Gasteiger partial charge in [-0.15, -0.1) is 0 Å². The van der Waals surface area contributed by atoms with Gasteiger partial charge in [0.15, 0.2) is 0 Å². The number of aryl methyl sites for hydroxylation is 1. The molecular weight excluding hydrogens is 320 g/mol. The second-order valence-electron chi connectivity index (χ2n) is 3.55. The maximum Gasteiger partial charge on any atom is 0.136 e. The van der Waals surface area contributed by atoms with Crippen LogP contribution in [0.4, 0.5) is 0 Å². The molecule has 1 aromatic heterocycles. The van der Waals surface area contributed by atoms with E-state index in [-0.39, 0.29) is 0 Å². The van der Waals surface area contributed by atoms with Gasteiger partial charge in [0, 0.05) is 14.9 Å². The first-order valence-electron chi connectivity index (χ1n) is 5.00. The van der Waals surface area contributed by atoms with Crippen LogP contribution in [-0.4, -0.2) is 9.97 Å². The fourth-order valence-corrected chi connectivity index (χ4v) is 2.74. The standard InChI is InChI=1S/C12H10BrClN2S/c1-7-11(14)15-8(2)16-12(7)17-10-5-3-9(13)4-6-10/h3-6H,1-2H3. The molecule has 0 amide bonds. The van der Waals surface area contributed by atoms with Crippen LogP contribution in [0.3, 0.4) is 0 Å². The van der Waals surface area contributed by atoms with E-state index < -0.39 is 0 Å². The molecule has 5 heteroatoms. The molecule has 1 aromatic carbocycles. The molecule has 2 aromatic rings. The lowest BCUT2D eigenvalue weighted by Crippen LogP contribution is -1.94. The highest BCUT2D eigenvalue weighted by molar-refractivity contribution is 9.10. The summed E-state index contributed by atoms with van der Waals surface area (Å²) in [5.41, 5.74) is 0.921. The zero-order valence-electron chi connectivity index (χ0n) is 9.37. The number of benzene rings is 1. The molecule has 1 heterocycles. The molecule has 2 rings (SSSR count). The van der Waals surface area contributed by atoms with E-state index in [1.54, 1.807) is 11.8 Å². The third kappa shape index (κ3) is 3.21. The smallest absolute Gasteiger partial charge is 0.136 e. The third-order valence-electron chi connectivity index (χ3n) is 2.18. The molecule has 17 heavy (non-hydrogen) atoms. The summed E-state index contributed by atoms with van der Waals surface area (Å²) < 4.78 is 1.07. The Morgan fingerprint density at radius 3 is 2.41 bits per heavy atom. The number of halogens is 2. The molecule has 88 valence electrons. The highest BCUT2D eigenvalue weighted by Gasteiger charge is 2.08. The minimum atomic E-state index is 0.525. The Morgan fingerprint density at radius 1 is 1.12 bits per heavy atom. The SMILES string of the molecule is Cc1nc(Cl)c(C)c(Sc2ccc(Br)cc2)n1. The third-order valence-corrected chi connectivity index (χ3v) is 4.18. The minimum absolute atomic E-state index is 0.525. The van der Waals surface area contributed by atoms with Crippen molar-refractivity contribution in [1.82, 2.24) is 9.97 Å². The molecule has 0 aliphatic rings. The molecule has 0 aliphatic heterocycles. The lowest BCUT2D eigenvalue weighted by atomic mass is 10.4. The van der Waals surface area contributed by atoms with Crippen LogP contribution in [0.2, 0.25) is 5.15 Å². The van der Waals surface area contributed by atoms with Crippen LogP contribution in [0.25, 0.3) is 0 Å². The quantitative estimate of drug-likeness (QED) is 0.749. The average Bonchev–Trinajstić information content (AvgIpc) is 2.28. The van der Waals surface area contributed by atoms with Crippen molar-refractivity contribution in [2.45, 2.75) is 23.8 Å². The van der Waals surface area contributed by atoms with Crippen molar-refractivity contribution in [1.29, 1.82) is 0 Å². The van der Waals surface area contributed by atoms with Gasteiger partial charge in [-0.25, -0.2) is 9.97 Å². The fraction of sp³-hybridized carbons (Fsp3) is 0.167. The van der Waals surface area contributed by atoms with Crippen LogP contribution in [0, 0.1) is 13.8 Å². The van der Waals surface area contributed by atoms with Crippen molar-refractivity contribution < 1.29 is 0 Å². The normalized spacial score (nSPS) is 10.6. The lowest BCUT2D eigenvalue weighted by molar-refractivity contribution is 0.938. The van der Waals surface area contributed by atoms with Crippen LogP contribution >= 0.6 is 39.3 Å². The van der Waals surface area contributed by atoms with Gasteiger partial charge >= 0.3 is 0 Å². The Labute approximate surface area is 118 Å². The number of hydrogen-bond acceptors (Lipinski definition) is 3. The predicted octanol–water partition coefficient (Wildman–Crippen LogP) is 4.66. The van der Waals surface area contributed by atoms with Gasteiger partial charge in [0.05, 0.1) is 0 Å². The summed E-state index contributed by atoms with van der Waals surface area (Å²) in [6.07, 6.45) is 0. The van der Waals surface area contributed by atoms with Crippen molar-refractivity contribution in [2.24, 2.45) is 0 Å². The molecule has 0 fully saturated rings. The van der Waals surface area contributed by atoms with E-state index in [0.29, 0.717) is 11.0 Å². The highest BCUT2D eigenvalue weighted by atomic mass is 79.9. The summed E-state index contributed by atoms with van der Waals surface area (Å²) in [4.78, 5) is 9.66. The van der Waals surface area contributed by atoms with Gasteiger partial charge in [0.25, 0.3) is 0 Å². The van der Waals surface area contributed by atoms with Gasteiger partial charge in [0.2, 0.25) is 0 Å². The highest BCUT2D eigenvalue weighted by Crippen LogP contribution is 2.31. The summed E-state index contributed by atoms with van der Waals surface area (Å²) in [5, 5.41) is 1.43. The van der Waals surface area contributed by atoms with Gasteiger partial charge in [0.1, 0.15) is 16.0 Å². The summed E-state index contributed by atoms with van der Waals surface area (Å²) in [5.74, 6) is 0.695. The predicted molar refractivity (Wildman–Crippen MR) is 74.8 cm³/mol. The Hall–Kier alpha value is -0.580. The van der Waals surface area contributed by atoms with Gasteiger partial charge in [-0.1, -0.05) is 39.3 Å². The van der Waals surface area contributed by atoms with E-state index in [9.17, 15) is 0 Å². The van der Waals surface area contributed by atoms with Crippen molar-refractivity contribution in [3.05, 3.63) is 45.3 Å². The summed E-state index contributed by atoms with van der Waals surface area (Å²) in [7, 11) is 0. The molecule has 0 saturated heterocycles. The second kappa shape index (κ2) is 5.38. The number of aromatic nitrogens is 2. The van der Waals surface area contributed by atoms with Gasteiger partial charge in [-0.05, 0) is 38.1 Å². The second-order valence-corrected chi connectivity index (χ2v) is 5.88. The van der Waals surface area contributed by atoms with E-state index in [1.165, 1.54) is 0 Å². The van der Waals surface area contributed by atoms with Crippen LogP contribution in [0.15, 0.2) is 38.7 Å². The Bertz CT molecular complexity index is 543. The first-order chi connectivity index (χ1) is 8.06. The average molecular weight is 330 g/mol. The largest absolute Gasteiger partial charge is 0.226 e. The molecule has 0 N–H and O–H groups in total. The minimum Gasteiger partial charge on any atom is -0.226 e.